The summed E-state index contributed by atoms with van der Waals surface area (Å²) in [7, 11) is 0. The summed E-state index contributed by atoms with van der Waals surface area (Å²) in [5, 5.41) is 7.42. The van der Waals surface area contributed by atoms with Crippen molar-refractivity contribution in [3.63, 3.8) is 0 Å². The molecule has 9 aromatic carbocycles. The molecule has 0 saturated carbocycles. The number of para-hydroxylation sites is 1. The van der Waals surface area contributed by atoms with Crippen molar-refractivity contribution in [2.75, 3.05) is 0 Å². The number of nitrogens with zero attached hydrogens (tertiary/aromatic N) is 3. The molecule has 1 unspecified atom stereocenters. The number of aromatic nitrogens is 3. The first-order valence-electron chi connectivity index (χ1n) is 20.0. The molecule has 0 fully saturated rings. The molecule has 0 saturated heterocycles. The zero-order valence-electron chi connectivity index (χ0n) is 31.4. The van der Waals surface area contributed by atoms with Gasteiger partial charge in [0.05, 0.1) is 16.4 Å². The summed E-state index contributed by atoms with van der Waals surface area (Å²) in [6.07, 6.45) is 3.66. The van der Waals surface area contributed by atoms with Crippen molar-refractivity contribution in [1.29, 1.82) is 0 Å². The Kier molecular flexibility index (Phi) is 6.37. The Morgan fingerprint density at radius 3 is 1.52 bits per heavy atom. The van der Waals surface area contributed by atoms with Crippen LogP contribution in [0.2, 0.25) is 0 Å². The molecule has 0 bridgehead atoms. The van der Waals surface area contributed by atoms with Crippen LogP contribution in [0, 0.1) is 0 Å². The second-order valence-corrected chi connectivity index (χ2v) is 15.6. The van der Waals surface area contributed by atoms with Crippen molar-refractivity contribution in [1.82, 2.24) is 14.5 Å². The van der Waals surface area contributed by atoms with E-state index in [0.717, 1.165) is 11.0 Å². The zero-order chi connectivity index (χ0) is 38.0. The molecule has 0 N–H and O–H groups in total. The molecule has 58 heavy (non-hydrogen) atoms. The Morgan fingerprint density at radius 1 is 0.328 bits per heavy atom. The standard InChI is InChI=1S/C55H33N3/c1-2-15-34(16-3-1)52-40-20-4-6-22-42(40)53(43-23-7-5-21-41(43)52)35-27-28-38-36-17-8-11-24-46(36)55(48(38)31-35)47-25-12-9-18-37(47)44-32-45-39-19-10-13-26-50(39)58(51(45)33-49(44)55)54-56-29-14-30-57-54/h1-33H. The van der Waals surface area contributed by atoms with E-state index in [1.54, 1.807) is 0 Å². The molecule has 1 spiro atoms. The summed E-state index contributed by atoms with van der Waals surface area (Å²) < 4.78 is 2.24. The normalized spacial score (nSPS) is 15.0. The molecule has 0 amide bonds. The first-order valence-corrected chi connectivity index (χ1v) is 20.0. The largest absolute Gasteiger partial charge is 0.278 e. The highest BCUT2D eigenvalue weighted by molar-refractivity contribution is 6.21. The number of benzene rings is 9. The SMILES string of the molecule is c1ccc(-c2c3ccccc3c(-c3ccc4c(c3)C3(c5ccccc5-4)c4ccccc4-c4cc5c6ccccc6n(-c6ncccn6)c5cc43)c3ccccc23)cc1. The predicted octanol–water partition coefficient (Wildman–Crippen LogP) is 13.6. The van der Waals surface area contributed by atoms with Crippen LogP contribution in [-0.4, -0.2) is 14.5 Å². The predicted molar refractivity (Wildman–Crippen MR) is 239 cm³/mol. The number of rotatable bonds is 3. The van der Waals surface area contributed by atoms with Gasteiger partial charge in [-0.3, -0.25) is 4.57 Å². The van der Waals surface area contributed by atoms with Gasteiger partial charge >= 0.3 is 0 Å². The molecule has 0 aliphatic heterocycles. The van der Waals surface area contributed by atoms with Crippen LogP contribution in [0.5, 0.6) is 0 Å². The monoisotopic (exact) mass is 735 g/mol. The second kappa shape index (κ2) is 11.7. The highest BCUT2D eigenvalue weighted by Crippen LogP contribution is 2.64. The molecule has 1 atom stereocenters. The van der Waals surface area contributed by atoms with Gasteiger partial charge in [-0.1, -0.05) is 158 Å². The van der Waals surface area contributed by atoms with Crippen molar-refractivity contribution in [3.8, 4) is 50.5 Å². The van der Waals surface area contributed by atoms with Gasteiger partial charge in [0.2, 0.25) is 5.95 Å². The summed E-state index contributed by atoms with van der Waals surface area (Å²) in [4.78, 5) is 9.58. The third-order valence-corrected chi connectivity index (χ3v) is 12.9. The summed E-state index contributed by atoms with van der Waals surface area (Å²) in [6, 6.07) is 69.7. The molecule has 13 rings (SSSR count). The Morgan fingerprint density at radius 2 is 0.845 bits per heavy atom. The second-order valence-electron chi connectivity index (χ2n) is 15.6. The van der Waals surface area contributed by atoms with E-state index in [9.17, 15) is 0 Å². The average molecular weight is 736 g/mol. The minimum absolute atomic E-state index is 0.545. The summed E-state index contributed by atoms with van der Waals surface area (Å²) in [5.41, 5.74) is 17.0. The van der Waals surface area contributed by atoms with Crippen molar-refractivity contribution >= 4 is 43.4 Å². The van der Waals surface area contributed by atoms with Crippen molar-refractivity contribution in [2.24, 2.45) is 0 Å². The van der Waals surface area contributed by atoms with E-state index in [4.69, 9.17) is 9.97 Å². The molecule has 2 aromatic heterocycles. The zero-order valence-corrected chi connectivity index (χ0v) is 31.4. The van der Waals surface area contributed by atoms with E-state index in [1.165, 1.54) is 99.1 Å². The van der Waals surface area contributed by atoms with Gasteiger partial charge in [-0.25, -0.2) is 9.97 Å². The lowest BCUT2D eigenvalue weighted by molar-refractivity contribution is 0.794. The van der Waals surface area contributed by atoms with Crippen LogP contribution in [0.3, 0.4) is 0 Å². The number of hydrogen-bond acceptors (Lipinski definition) is 2. The Labute approximate surface area is 335 Å². The van der Waals surface area contributed by atoms with Gasteiger partial charge in [0, 0.05) is 23.2 Å². The van der Waals surface area contributed by atoms with E-state index >= 15 is 0 Å². The third-order valence-electron chi connectivity index (χ3n) is 12.9. The highest BCUT2D eigenvalue weighted by atomic mass is 15.1. The first kappa shape index (κ1) is 31.6. The molecule has 2 heterocycles. The molecular formula is C55H33N3. The lowest BCUT2D eigenvalue weighted by Crippen LogP contribution is -2.26. The van der Waals surface area contributed by atoms with Crippen molar-refractivity contribution in [3.05, 3.63) is 223 Å². The van der Waals surface area contributed by atoms with Gasteiger partial charge in [0.25, 0.3) is 0 Å². The summed E-state index contributed by atoms with van der Waals surface area (Å²) in [5.74, 6) is 0.672. The van der Waals surface area contributed by atoms with Gasteiger partial charge in [0.15, 0.2) is 0 Å². The van der Waals surface area contributed by atoms with Crippen LogP contribution in [0.25, 0.3) is 93.8 Å². The fraction of sp³-hybridized carbons (Fsp3) is 0.0182. The van der Waals surface area contributed by atoms with Gasteiger partial charge < -0.3 is 0 Å². The number of hydrogen-bond donors (Lipinski definition) is 0. The van der Waals surface area contributed by atoms with Gasteiger partial charge in [-0.2, -0.15) is 0 Å². The minimum atomic E-state index is -0.545. The fourth-order valence-electron chi connectivity index (χ4n) is 10.7. The van der Waals surface area contributed by atoms with E-state index in [-0.39, 0.29) is 0 Å². The smallest absolute Gasteiger partial charge is 0.234 e. The van der Waals surface area contributed by atoms with Crippen LogP contribution in [0.1, 0.15) is 22.3 Å². The van der Waals surface area contributed by atoms with Gasteiger partial charge in [0.1, 0.15) is 0 Å². The maximum atomic E-state index is 4.79. The molecule has 11 aromatic rings. The lowest BCUT2D eigenvalue weighted by atomic mass is 9.70. The summed E-state index contributed by atoms with van der Waals surface area (Å²) in [6.45, 7) is 0. The van der Waals surface area contributed by atoms with Crippen LogP contribution < -0.4 is 0 Å². The first-order chi connectivity index (χ1) is 28.8. The highest BCUT2D eigenvalue weighted by Gasteiger charge is 2.52. The summed E-state index contributed by atoms with van der Waals surface area (Å²) >= 11 is 0. The van der Waals surface area contributed by atoms with Gasteiger partial charge in [-0.15, -0.1) is 0 Å². The maximum Gasteiger partial charge on any atom is 0.234 e. The van der Waals surface area contributed by atoms with Crippen molar-refractivity contribution < 1.29 is 0 Å². The van der Waals surface area contributed by atoms with E-state index in [0.29, 0.717) is 5.95 Å². The molecular weight excluding hydrogens is 703 g/mol. The molecule has 268 valence electrons. The minimum Gasteiger partial charge on any atom is -0.278 e. The van der Waals surface area contributed by atoms with E-state index in [2.05, 4.69) is 187 Å². The van der Waals surface area contributed by atoms with Crippen LogP contribution in [0.15, 0.2) is 200 Å². The third kappa shape index (κ3) is 4.02. The van der Waals surface area contributed by atoms with E-state index < -0.39 is 5.41 Å². The number of fused-ring (bicyclic) bond motifs is 15. The topological polar surface area (TPSA) is 30.7 Å². The molecule has 2 aliphatic carbocycles. The quantitative estimate of drug-likeness (QED) is 0.169. The van der Waals surface area contributed by atoms with Crippen LogP contribution >= 0.6 is 0 Å². The maximum absolute atomic E-state index is 4.79. The van der Waals surface area contributed by atoms with Crippen LogP contribution in [-0.2, 0) is 5.41 Å². The fourth-order valence-corrected chi connectivity index (χ4v) is 10.7. The molecule has 2 aliphatic rings. The van der Waals surface area contributed by atoms with E-state index in [1.807, 2.05) is 18.5 Å². The molecule has 3 heteroatoms. The Balaban J connectivity index is 1.15. The Bertz CT molecular complexity index is 3450. The van der Waals surface area contributed by atoms with Crippen LogP contribution in [0.4, 0.5) is 0 Å². The Hall–Kier alpha value is -7.62. The van der Waals surface area contributed by atoms with Gasteiger partial charge in [-0.05, 0) is 119 Å². The molecule has 0 radical (unpaired) electrons. The van der Waals surface area contributed by atoms with Crippen molar-refractivity contribution in [2.45, 2.75) is 5.41 Å². The average Bonchev–Trinajstić information content (AvgIpc) is 3.89. The lowest BCUT2D eigenvalue weighted by Gasteiger charge is -2.31. The molecule has 3 nitrogen and oxygen atoms in total.